The van der Waals surface area contributed by atoms with Crippen LogP contribution in [0.1, 0.15) is 26.2 Å². The van der Waals surface area contributed by atoms with Crippen LogP contribution in [0.2, 0.25) is 0 Å². The summed E-state index contributed by atoms with van der Waals surface area (Å²) >= 11 is 0. The molecule has 0 amide bonds. The molecule has 1 aliphatic heterocycles. The van der Waals surface area contributed by atoms with Gasteiger partial charge in [0.25, 0.3) is 0 Å². The molecule has 0 radical (unpaired) electrons. The van der Waals surface area contributed by atoms with E-state index in [9.17, 15) is 4.79 Å². The average molecular weight is 267 g/mol. The molecule has 2 atom stereocenters. The Balaban J connectivity index is 2.03. The van der Waals surface area contributed by atoms with Crippen LogP contribution in [0.5, 0.6) is 0 Å². The number of carbonyl (C=O) groups excluding carboxylic acids is 1. The maximum atomic E-state index is 12.1. The lowest BCUT2D eigenvalue weighted by Crippen LogP contribution is -2.55. The fraction of sp³-hybridized carbons (Fsp3) is 0.917. The summed E-state index contributed by atoms with van der Waals surface area (Å²) in [5.74, 6) is -0.219. The molecule has 2 rings (SSSR count). The molecule has 0 aromatic carbocycles. The van der Waals surface area contributed by atoms with Crippen LogP contribution < -0.4 is 5.32 Å². The van der Waals surface area contributed by atoms with Crippen LogP contribution in [0.15, 0.2) is 5.11 Å². The zero-order valence-electron chi connectivity index (χ0n) is 11.5. The number of carbonyl (C=O) groups is 1. The van der Waals surface area contributed by atoms with Gasteiger partial charge in [0.05, 0.1) is 7.11 Å². The third kappa shape index (κ3) is 3.00. The summed E-state index contributed by atoms with van der Waals surface area (Å²) in [5, 5.41) is 6.73. The SMILES string of the molecule is COC(=O)C1(NCCN=[N+]=[N-])CC(C)N(C2CC2)C1. The molecule has 0 aromatic rings. The summed E-state index contributed by atoms with van der Waals surface area (Å²) in [5.41, 5.74) is 7.62. The number of ether oxygens (including phenoxy) is 1. The van der Waals surface area contributed by atoms with Crippen LogP contribution >= 0.6 is 0 Å². The Morgan fingerprint density at radius 1 is 1.63 bits per heavy atom. The van der Waals surface area contributed by atoms with Crippen LogP contribution in [0.4, 0.5) is 0 Å². The Morgan fingerprint density at radius 2 is 2.37 bits per heavy atom. The highest BCUT2D eigenvalue weighted by Gasteiger charge is 2.51. The molecule has 1 heterocycles. The highest BCUT2D eigenvalue weighted by atomic mass is 16.5. The van der Waals surface area contributed by atoms with E-state index < -0.39 is 5.54 Å². The normalized spacial score (nSPS) is 30.9. The van der Waals surface area contributed by atoms with Gasteiger partial charge in [0, 0.05) is 36.6 Å². The molecule has 1 aliphatic carbocycles. The van der Waals surface area contributed by atoms with E-state index in [-0.39, 0.29) is 5.97 Å². The fourth-order valence-corrected chi connectivity index (χ4v) is 2.98. The van der Waals surface area contributed by atoms with Crippen molar-refractivity contribution < 1.29 is 9.53 Å². The third-order valence-corrected chi connectivity index (χ3v) is 3.99. The maximum absolute atomic E-state index is 12.1. The van der Waals surface area contributed by atoms with E-state index in [2.05, 4.69) is 27.2 Å². The van der Waals surface area contributed by atoms with E-state index in [0.717, 1.165) is 6.42 Å². The predicted molar refractivity (Wildman–Crippen MR) is 70.6 cm³/mol. The van der Waals surface area contributed by atoms with Crippen molar-refractivity contribution in [3.63, 3.8) is 0 Å². The highest BCUT2D eigenvalue weighted by Crippen LogP contribution is 2.37. The quantitative estimate of drug-likeness (QED) is 0.256. The largest absolute Gasteiger partial charge is 0.468 e. The minimum Gasteiger partial charge on any atom is -0.468 e. The summed E-state index contributed by atoms with van der Waals surface area (Å²) in [6, 6.07) is 0.999. The first-order valence-electron chi connectivity index (χ1n) is 6.73. The molecule has 0 aromatic heterocycles. The molecule has 7 heteroatoms. The molecule has 1 saturated heterocycles. The number of nitrogens with zero attached hydrogens (tertiary/aromatic N) is 4. The van der Waals surface area contributed by atoms with E-state index >= 15 is 0 Å². The third-order valence-electron chi connectivity index (χ3n) is 3.99. The average Bonchev–Trinajstić information content (AvgIpc) is 3.19. The zero-order valence-corrected chi connectivity index (χ0v) is 11.5. The van der Waals surface area contributed by atoms with Crippen LogP contribution in [0.3, 0.4) is 0 Å². The Hall–Kier alpha value is -1.30. The van der Waals surface area contributed by atoms with Gasteiger partial charge in [0.2, 0.25) is 0 Å². The smallest absolute Gasteiger partial charge is 0.327 e. The van der Waals surface area contributed by atoms with Crippen molar-refractivity contribution in [2.45, 2.75) is 43.8 Å². The molecule has 0 bridgehead atoms. The van der Waals surface area contributed by atoms with Crippen molar-refractivity contribution in [3.8, 4) is 0 Å². The van der Waals surface area contributed by atoms with E-state index in [4.69, 9.17) is 10.3 Å². The molecule has 19 heavy (non-hydrogen) atoms. The lowest BCUT2D eigenvalue weighted by Gasteiger charge is -2.27. The van der Waals surface area contributed by atoms with Gasteiger partial charge in [-0.25, -0.2) is 0 Å². The zero-order chi connectivity index (χ0) is 13.9. The van der Waals surface area contributed by atoms with Crippen molar-refractivity contribution in [1.82, 2.24) is 10.2 Å². The van der Waals surface area contributed by atoms with Crippen molar-refractivity contribution in [2.24, 2.45) is 5.11 Å². The van der Waals surface area contributed by atoms with Gasteiger partial charge < -0.3 is 10.1 Å². The first-order chi connectivity index (χ1) is 9.13. The maximum Gasteiger partial charge on any atom is 0.327 e. The Morgan fingerprint density at radius 3 is 2.95 bits per heavy atom. The first kappa shape index (κ1) is 14.1. The minimum absolute atomic E-state index is 0.219. The van der Waals surface area contributed by atoms with Gasteiger partial charge in [-0.15, -0.1) is 0 Å². The number of methoxy groups -OCH3 is 1. The molecule has 7 nitrogen and oxygen atoms in total. The highest BCUT2D eigenvalue weighted by molar-refractivity contribution is 5.81. The summed E-state index contributed by atoms with van der Waals surface area (Å²) in [6.45, 7) is 3.66. The van der Waals surface area contributed by atoms with Gasteiger partial charge in [0.15, 0.2) is 0 Å². The molecule has 2 fully saturated rings. The standard InChI is InChI=1S/C12H21N5O2/c1-9-7-12(11(18)19-2,14-5-6-15-16-13)8-17(9)10-3-4-10/h9-10,14H,3-8H2,1-2H3. The van der Waals surface area contributed by atoms with Gasteiger partial charge >= 0.3 is 5.97 Å². The second-order valence-electron chi connectivity index (χ2n) is 5.41. The van der Waals surface area contributed by atoms with Crippen molar-refractivity contribution in [1.29, 1.82) is 0 Å². The van der Waals surface area contributed by atoms with Crippen molar-refractivity contribution in [3.05, 3.63) is 10.4 Å². The second kappa shape index (κ2) is 5.77. The van der Waals surface area contributed by atoms with Gasteiger partial charge in [-0.3, -0.25) is 9.69 Å². The minimum atomic E-state index is -0.651. The molecule has 2 aliphatic rings. The van der Waals surface area contributed by atoms with Gasteiger partial charge in [-0.2, -0.15) is 0 Å². The number of esters is 1. The lowest BCUT2D eigenvalue weighted by atomic mass is 9.96. The Kier molecular flexibility index (Phi) is 4.29. The molecule has 106 valence electrons. The van der Waals surface area contributed by atoms with Crippen LogP contribution in [-0.4, -0.2) is 55.2 Å². The molecule has 0 spiro atoms. The van der Waals surface area contributed by atoms with E-state index in [1.807, 2.05) is 0 Å². The monoisotopic (exact) mass is 267 g/mol. The first-order valence-corrected chi connectivity index (χ1v) is 6.73. The number of rotatable bonds is 6. The fourth-order valence-electron chi connectivity index (χ4n) is 2.98. The predicted octanol–water partition coefficient (Wildman–Crippen LogP) is 1.05. The van der Waals surface area contributed by atoms with E-state index in [1.54, 1.807) is 0 Å². The lowest BCUT2D eigenvalue weighted by molar-refractivity contribution is -0.148. The summed E-state index contributed by atoms with van der Waals surface area (Å²) in [7, 11) is 1.42. The number of hydrogen-bond acceptors (Lipinski definition) is 5. The Bertz CT molecular complexity index is 392. The topological polar surface area (TPSA) is 90.3 Å². The van der Waals surface area contributed by atoms with E-state index in [0.29, 0.717) is 31.7 Å². The summed E-state index contributed by atoms with van der Waals surface area (Å²) in [4.78, 5) is 17.2. The van der Waals surface area contributed by atoms with Gasteiger partial charge in [0.1, 0.15) is 5.54 Å². The number of hydrogen-bond donors (Lipinski definition) is 1. The second-order valence-corrected chi connectivity index (χ2v) is 5.41. The molecular formula is C12H21N5O2. The van der Waals surface area contributed by atoms with Gasteiger partial charge in [-0.1, -0.05) is 5.11 Å². The molecule has 1 N–H and O–H groups in total. The number of likely N-dealkylation sites (tertiary alicyclic amines) is 1. The molecular weight excluding hydrogens is 246 g/mol. The summed E-state index contributed by atoms with van der Waals surface area (Å²) in [6.07, 6.45) is 3.19. The van der Waals surface area contributed by atoms with Crippen LogP contribution in [0, 0.1) is 0 Å². The Labute approximate surface area is 112 Å². The molecule has 1 saturated carbocycles. The van der Waals surface area contributed by atoms with Crippen molar-refractivity contribution >= 4 is 5.97 Å². The summed E-state index contributed by atoms with van der Waals surface area (Å²) < 4.78 is 4.96. The number of nitrogens with one attached hydrogen (secondary N) is 1. The van der Waals surface area contributed by atoms with E-state index in [1.165, 1.54) is 20.0 Å². The van der Waals surface area contributed by atoms with Gasteiger partial charge in [-0.05, 0) is 31.7 Å². The number of azide groups is 1. The van der Waals surface area contributed by atoms with Crippen LogP contribution in [-0.2, 0) is 9.53 Å². The van der Waals surface area contributed by atoms with Crippen LogP contribution in [0.25, 0.3) is 10.4 Å². The van der Waals surface area contributed by atoms with Crippen molar-refractivity contribution in [2.75, 3.05) is 26.7 Å². The molecule has 2 unspecified atom stereocenters.